The minimum absolute atomic E-state index is 0.0616. The Morgan fingerprint density at radius 3 is 2.46 bits per heavy atom. The summed E-state index contributed by atoms with van der Waals surface area (Å²) in [6.07, 6.45) is 0.150. The zero-order valence-corrected chi connectivity index (χ0v) is 14.3. The summed E-state index contributed by atoms with van der Waals surface area (Å²) in [5.41, 5.74) is 2.92. The first-order chi connectivity index (χ1) is 11.5. The van der Waals surface area contributed by atoms with Crippen molar-refractivity contribution in [3.05, 3.63) is 58.6 Å². The maximum absolute atomic E-state index is 12.4. The van der Waals surface area contributed by atoms with Crippen LogP contribution in [0.15, 0.2) is 42.5 Å². The van der Waals surface area contributed by atoms with Gasteiger partial charge >= 0.3 is 5.97 Å². The smallest absolute Gasteiger partial charge is 0.316 e. The summed E-state index contributed by atoms with van der Waals surface area (Å²) in [5, 5.41) is 0.377. The van der Waals surface area contributed by atoms with Crippen LogP contribution in [0.2, 0.25) is 5.02 Å². The Balaban J connectivity index is 1.77. The van der Waals surface area contributed by atoms with Crippen molar-refractivity contribution in [3.63, 3.8) is 0 Å². The highest BCUT2D eigenvalue weighted by atomic mass is 35.5. The molecule has 1 saturated heterocycles. The highest BCUT2D eigenvalue weighted by Crippen LogP contribution is 2.32. The minimum atomic E-state index is -0.493. The van der Waals surface area contributed by atoms with E-state index in [1.165, 1.54) is 0 Å². The third-order valence-electron chi connectivity index (χ3n) is 4.21. The Hall–Kier alpha value is -2.33. The summed E-state index contributed by atoms with van der Waals surface area (Å²) >= 11 is 6.02. The molecule has 0 radical (unpaired) electrons. The molecule has 3 rings (SSSR count). The second kappa shape index (κ2) is 6.65. The number of benzene rings is 2. The first kappa shape index (κ1) is 16.5. The van der Waals surface area contributed by atoms with Gasteiger partial charge in [-0.05, 0) is 37.1 Å². The number of nitrogens with zero attached hydrogens (tertiary/aromatic N) is 1. The molecule has 1 aliphatic heterocycles. The molecule has 0 N–H and O–H groups in total. The predicted octanol–water partition coefficient (Wildman–Crippen LogP) is 3.92. The average Bonchev–Trinajstić information content (AvgIpc) is 2.91. The average molecular weight is 344 g/mol. The van der Waals surface area contributed by atoms with E-state index in [0.29, 0.717) is 17.3 Å². The van der Waals surface area contributed by atoms with Crippen LogP contribution in [0.5, 0.6) is 5.75 Å². The number of amides is 1. The summed E-state index contributed by atoms with van der Waals surface area (Å²) in [5.74, 6) is -0.659. The molecule has 4 nitrogen and oxygen atoms in total. The Kier molecular flexibility index (Phi) is 4.58. The maximum atomic E-state index is 12.4. The molecule has 1 aliphatic rings. The quantitative estimate of drug-likeness (QED) is 0.627. The van der Waals surface area contributed by atoms with Crippen molar-refractivity contribution in [2.45, 2.75) is 20.3 Å². The number of hydrogen-bond acceptors (Lipinski definition) is 3. The lowest BCUT2D eigenvalue weighted by Crippen LogP contribution is -2.28. The zero-order valence-electron chi connectivity index (χ0n) is 13.6. The molecule has 0 spiro atoms. The van der Waals surface area contributed by atoms with Crippen molar-refractivity contribution in [2.24, 2.45) is 5.92 Å². The molecule has 0 saturated carbocycles. The van der Waals surface area contributed by atoms with Gasteiger partial charge in [0.05, 0.1) is 10.9 Å². The number of hydrogen-bond donors (Lipinski definition) is 0. The lowest BCUT2D eigenvalue weighted by atomic mass is 10.1. The number of carbonyl (C=O) groups excluding carboxylic acids is 2. The van der Waals surface area contributed by atoms with Crippen LogP contribution in [-0.2, 0) is 9.59 Å². The summed E-state index contributed by atoms with van der Waals surface area (Å²) in [4.78, 5) is 26.5. The maximum Gasteiger partial charge on any atom is 0.316 e. The minimum Gasteiger partial charge on any atom is -0.425 e. The second-order valence-electron chi connectivity index (χ2n) is 6.00. The molecule has 1 atom stereocenters. The molecule has 2 aromatic carbocycles. The normalized spacial score (nSPS) is 17.2. The lowest BCUT2D eigenvalue weighted by molar-refractivity contribution is -0.139. The van der Waals surface area contributed by atoms with Crippen LogP contribution in [-0.4, -0.2) is 18.4 Å². The van der Waals surface area contributed by atoms with Crippen LogP contribution in [0.1, 0.15) is 17.5 Å². The fourth-order valence-electron chi connectivity index (χ4n) is 3.03. The van der Waals surface area contributed by atoms with Crippen LogP contribution < -0.4 is 9.64 Å². The molecule has 0 aliphatic carbocycles. The molecule has 2 aromatic rings. The van der Waals surface area contributed by atoms with Gasteiger partial charge in [0.15, 0.2) is 0 Å². The van der Waals surface area contributed by atoms with Crippen molar-refractivity contribution in [2.75, 3.05) is 11.4 Å². The number of aryl methyl sites for hydroxylation is 2. The van der Waals surface area contributed by atoms with Gasteiger partial charge in [-0.15, -0.1) is 0 Å². The summed E-state index contributed by atoms with van der Waals surface area (Å²) in [6.45, 7) is 4.25. The van der Waals surface area contributed by atoms with Crippen LogP contribution in [0.3, 0.4) is 0 Å². The second-order valence-corrected chi connectivity index (χ2v) is 6.40. The van der Waals surface area contributed by atoms with Crippen molar-refractivity contribution in [1.82, 2.24) is 0 Å². The summed E-state index contributed by atoms with van der Waals surface area (Å²) in [6, 6.07) is 12.7. The Bertz CT molecular complexity index is 783. The fourth-order valence-corrected chi connectivity index (χ4v) is 3.21. The number of rotatable bonds is 3. The number of carbonyl (C=O) groups is 2. The molecule has 0 aromatic heterocycles. The Morgan fingerprint density at radius 2 is 1.79 bits per heavy atom. The first-order valence-corrected chi connectivity index (χ1v) is 8.18. The van der Waals surface area contributed by atoms with Crippen LogP contribution in [0.25, 0.3) is 0 Å². The Labute approximate surface area is 146 Å². The highest BCUT2D eigenvalue weighted by molar-refractivity contribution is 6.32. The van der Waals surface area contributed by atoms with E-state index in [1.54, 1.807) is 29.2 Å². The SMILES string of the molecule is Cc1cccc(C)c1N1C[C@@H](C(=O)Oc2ccccc2Cl)CC1=O. The van der Waals surface area contributed by atoms with Crippen molar-refractivity contribution >= 4 is 29.2 Å². The van der Waals surface area contributed by atoms with Gasteiger partial charge in [0.2, 0.25) is 5.91 Å². The molecule has 5 heteroatoms. The molecular weight excluding hydrogens is 326 g/mol. The van der Waals surface area contributed by atoms with Gasteiger partial charge in [0.1, 0.15) is 5.75 Å². The molecule has 1 heterocycles. The van der Waals surface area contributed by atoms with Crippen molar-refractivity contribution in [3.8, 4) is 5.75 Å². The number of ether oxygens (including phenoxy) is 1. The Morgan fingerprint density at radius 1 is 1.12 bits per heavy atom. The van der Waals surface area contributed by atoms with Crippen LogP contribution in [0.4, 0.5) is 5.69 Å². The van der Waals surface area contributed by atoms with Gasteiger partial charge < -0.3 is 9.64 Å². The monoisotopic (exact) mass is 343 g/mol. The van der Waals surface area contributed by atoms with Crippen molar-refractivity contribution in [1.29, 1.82) is 0 Å². The molecule has 0 unspecified atom stereocenters. The number of halogens is 1. The fraction of sp³-hybridized carbons (Fsp3) is 0.263. The van der Waals surface area contributed by atoms with E-state index >= 15 is 0 Å². The van der Waals surface area contributed by atoms with Crippen LogP contribution in [0, 0.1) is 19.8 Å². The predicted molar refractivity (Wildman–Crippen MR) is 93.5 cm³/mol. The van der Waals surface area contributed by atoms with E-state index < -0.39 is 11.9 Å². The summed E-state index contributed by atoms with van der Waals surface area (Å²) in [7, 11) is 0. The standard InChI is InChI=1S/C19H18ClNO3/c1-12-6-5-7-13(2)18(12)21-11-14(10-17(21)22)19(23)24-16-9-4-3-8-15(16)20/h3-9,14H,10-11H2,1-2H3/t14-/m0/s1. The van der Waals surface area contributed by atoms with Gasteiger partial charge in [-0.3, -0.25) is 9.59 Å². The van der Waals surface area contributed by atoms with Gasteiger partial charge in [0, 0.05) is 18.7 Å². The molecular formula is C19H18ClNO3. The third kappa shape index (κ3) is 3.15. The number of para-hydroxylation sites is 2. The van der Waals surface area contributed by atoms with Crippen LogP contribution >= 0.6 is 11.6 Å². The van der Waals surface area contributed by atoms with E-state index in [9.17, 15) is 9.59 Å². The van der Waals surface area contributed by atoms with E-state index in [1.807, 2.05) is 32.0 Å². The van der Waals surface area contributed by atoms with Gasteiger partial charge in [-0.25, -0.2) is 0 Å². The topological polar surface area (TPSA) is 46.6 Å². The first-order valence-electron chi connectivity index (χ1n) is 7.80. The van der Waals surface area contributed by atoms with E-state index in [0.717, 1.165) is 16.8 Å². The largest absolute Gasteiger partial charge is 0.425 e. The van der Waals surface area contributed by atoms with Gasteiger partial charge in [0.25, 0.3) is 0 Å². The zero-order chi connectivity index (χ0) is 17.3. The van der Waals surface area contributed by atoms with E-state index in [2.05, 4.69) is 0 Å². The molecule has 0 bridgehead atoms. The van der Waals surface area contributed by atoms with Crippen molar-refractivity contribution < 1.29 is 14.3 Å². The lowest BCUT2D eigenvalue weighted by Gasteiger charge is -2.21. The molecule has 124 valence electrons. The number of esters is 1. The molecule has 1 fully saturated rings. The van der Waals surface area contributed by atoms with Gasteiger partial charge in [-0.1, -0.05) is 41.9 Å². The van der Waals surface area contributed by atoms with E-state index in [4.69, 9.17) is 16.3 Å². The van der Waals surface area contributed by atoms with Gasteiger partial charge in [-0.2, -0.15) is 0 Å². The van der Waals surface area contributed by atoms with E-state index in [-0.39, 0.29) is 12.3 Å². The third-order valence-corrected chi connectivity index (χ3v) is 4.53. The number of anilines is 1. The summed E-state index contributed by atoms with van der Waals surface area (Å²) < 4.78 is 5.37. The molecule has 24 heavy (non-hydrogen) atoms. The molecule has 1 amide bonds. The highest BCUT2D eigenvalue weighted by Gasteiger charge is 2.37.